The molecule has 0 aliphatic carbocycles. The molecule has 2 nitrogen and oxygen atoms in total. The number of rotatable bonds is 3. The zero-order valence-corrected chi connectivity index (χ0v) is 8.68. The summed E-state index contributed by atoms with van der Waals surface area (Å²) in [5.74, 6) is 0. The third-order valence-corrected chi connectivity index (χ3v) is 2.62. The van der Waals surface area contributed by atoms with E-state index in [1.54, 1.807) is 7.11 Å². The number of aliphatic hydroxyl groups excluding tert-OH is 1. The fraction of sp³-hybridized carbons (Fsp3) is 0.231. The molecule has 78 valence electrons. The zero-order valence-electron chi connectivity index (χ0n) is 8.68. The summed E-state index contributed by atoms with van der Waals surface area (Å²) in [5.41, 5.74) is 1.04. The Morgan fingerprint density at radius 1 is 1.13 bits per heavy atom. The van der Waals surface area contributed by atoms with E-state index in [2.05, 4.69) is 12.1 Å². The molecule has 2 aromatic carbocycles. The maximum absolute atomic E-state index is 9.21. The number of ether oxygens (including phenoxy) is 1. The second-order valence-corrected chi connectivity index (χ2v) is 3.48. The van der Waals surface area contributed by atoms with E-state index in [0.29, 0.717) is 0 Å². The summed E-state index contributed by atoms with van der Waals surface area (Å²) in [6.45, 7) is 0.00447. The van der Waals surface area contributed by atoms with E-state index < -0.39 is 0 Å². The van der Waals surface area contributed by atoms with Crippen LogP contribution in [0.15, 0.2) is 42.5 Å². The van der Waals surface area contributed by atoms with Crippen molar-refractivity contribution in [2.24, 2.45) is 0 Å². The van der Waals surface area contributed by atoms with Crippen LogP contribution < -0.4 is 0 Å². The molecule has 0 aromatic heterocycles. The lowest BCUT2D eigenvalue weighted by molar-refractivity contribution is 0.0494. The van der Waals surface area contributed by atoms with Crippen LogP contribution >= 0.6 is 0 Å². The maximum atomic E-state index is 9.21. The molecular weight excluding hydrogens is 188 g/mol. The highest BCUT2D eigenvalue weighted by Gasteiger charge is 2.11. The van der Waals surface area contributed by atoms with Crippen LogP contribution in [0.5, 0.6) is 0 Å². The van der Waals surface area contributed by atoms with Crippen molar-refractivity contribution >= 4 is 10.8 Å². The first-order valence-electron chi connectivity index (χ1n) is 4.98. The van der Waals surface area contributed by atoms with Gasteiger partial charge in [0.05, 0.1) is 6.61 Å². The molecule has 0 heterocycles. The Balaban J connectivity index is 2.59. The van der Waals surface area contributed by atoms with Gasteiger partial charge in [0.25, 0.3) is 0 Å². The van der Waals surface area contributed by atoms with Gasteiger partial charge < -0.3 is 9.84 Å². The molecule has 2 rings (SSSR count). The van der Waals surface area contributed by atoms with E-state index in [4.69, 9.17) is 4.74 Å². The summed E-state index contributed by atoms with van der Waals surface area (Å²) >= 11 is 0. The van der Waals surface area contributed by atoms with Crippen LogP contribution in [0.25, 0.3) is 10.8 Å². The molecule has 1 atom stereocenters. The lowest BCUT2D eigenvalue weighted by Crippen LogP contribution is -2.06. The van der Waals surface area contributed by atoms with Crippen molar-refractivity contribution in [3.05, 3.63) is 48.0 Å². The molecule has 0 bridgehead atoms. The molecule has 0 radical (unpaired) electrons. The molecule has 0 saturated carbocycles. The lowest BCUT2D eigenvalue weighted by Gasteiger charge is -2.15. The molecule has 0 aliphatic rings. The third kappa shape index (κ3) is 1.87. The van der Waals surface area contributed by atoms with Crippen LogP contribution in [-0.4, -0.2) is 18.8 Å². The number of hydrogen-bond acceptors (Lipinski definition) is 2. The quantitative estimate of drug-likeness (QED) is 0.828. The van der Waals surface area contributed by atoms with Gasteiger partial charge in [-0.3, -0.25) is 0 Å². The minimum absolute atomic E-state index is 0.00447. The summed E-state index contributed by atoms with van der Waals surface area (Å²) in [6.07, 6.45) is -0.240. The summed E-state index contributed by atoms with van der Waals surface area (Å²) in [4.78, 5) is 0. The number of fused-ring (bicyclic) bond motifs is 1. The Hall–Kier alpha value is -1.38. The molecule has 0 spiro atoms. The first-order chi connectivity index (χ1) is 7.36. The fourth-order valence-electron chi connectivity index (χ4n) is 1.83. The second-order valence-electron chi connectivity index (χ2n) is 3.48. The Labute approximate surface area is 89.1 Å². The summed E-state index contributed by atoms with van der Waals surface area (Å²) in [5, 5.41) is 11.5. The van der Waals surface area contributed by atoms with E-state index >= 15 is 0 Å². The summed E-state index contributed by atoms with van der Waals surface area (Å²) in [7, 11) is 1.61. The van der Waals surface area contributed by atoms with Gasteiger partial charge in [-0.1, -0.05) is 42.5 Å². The molecule has 2 heteroatoms. The average molecular weight is 202 g/mol. The van der Waals surface area contributed by atoms with Gasteiger partial charge in [-0.25, -0.2) is 0 Å². The summed E-state index contributed by atoms with van der Waals surface area (Å²) < 4.78 is 5.24. The molecular formula is C13H14O2. The van der Waals surface area contributed by atoms with E-state index in [1.807, 2.05) is 30.3 Å². The third-order valence-electron chi connectivity index (χ3n) is 2.62. The van der Waals surface area contributed by atoms with Gasteiger partial charge >= 0.3 is 0 Å². The van der Waals surface area contributed by atoms with Crippen molar-refractivity contribution in [2.75, 3.05) is 13.7 Å². The Kier molecular flexibility index (Phi) is 2.99. The van der Waals surface area contributed by atoms with Crippen molar-refractivity contribution in [3.63, 3.8) is 0 Å². The van der Waals surface area contributed by atoms with Gasteiger partial charge in [0.1, 0.15) is 6.10 Å². The molecule has 0 amide bonds. The van der Waals surface area contributed by atoms with Crippen LogP contribution in [0, 0.1) is 0 Å². The van der Waals surface area contributed by atoms with E-state index in [-0.39, 0.29) is 12.7 Å². The SMILES string of the molecule is COC(CO)c1cccc2ccccc12. The predicted octanol–water partition coefficient (Wildman–Crippen LogP) is 2.52. The molecule has 2 aromatic rings. The highest BCUT2D eigenvalue weighted by atomic mass is 16.5. The normalized spacial score (nSPS) is 12.9. The predicted molar refractivity (Wildman–Crippen MR) is 60.8 cm³/mol. The number of methoxy groups -OCH3 is 1. The highest BCUT2D eigenvalue weighted by molar-refractivity contribution is 5.85. The summed E-state index contributed by atoms with van der Waals surface area (Å²) in [6, 6.07) is 14.1. The monoisotopic (exact) mass is 202 g/mol. The molecule has 1 unspecified atom stereocenters. The van der Waals surface area contributed by atoms with Crippen LogP contribution in [0.4, 0.5) is 0 Å². The van der Waals surface area contributed by atoms with Gasteiger partial charge in [-0.15, -0.1) is 0 Å². The van der Waals surface area contributed by atoms with Crippen molar-refractivity contribution < 1.29 is 9.84 Å². The topological polar surface area (TPSA) is 29.5 Å². The smallest absolute Gasteiger partial charge is 0.106 e. The van der Waals surface area contributed by atoms with Gasteiger partial charge in [0.2, 0.25) is 0 Å². The second kappa shape index (κ2) is 4.43. The maximum Gasteiger partial charge on any atom is 0.106 e. The van der Waals surface area contributed by atoms with Crippen LogP contribution in [0.1, 0.15) is 11.7 Å². The van der Waals surface area contributed by atoms with Gasteiger partial charge in [-0.2, -0.15) is 0 Å². The Morgan fingerprint density at radius 3 is 2.60 bits per heavy atom. The van der Waals surface area contributed by atoms with Crippen molar-refractivity contribution in [3.8, 4) is 0 Å². The Bertz CT molecular complexity index is 442. The van der Waals surface area contributed by atoms with Gasteiger partial charge in [0, 0.05) is 7.11 Å². The lowest BCUT2D eigenvalue weighted by atomic mass is 10.0. The average Bonchev–Trinajstić information content (AvgIpc) is 2.31. The molecule has 0 fully saturated rings. The standard InChI is InChI=1S/C13H14O2/c1-15-13(9-14)12-8-4-6-10-5-2-3-7-11(10)12/h2-8,13-14H,9H2,1H3. The van der Waals surface area contributed by atoms with Crippen molar-refractivity contribution in [1.29, 1.82) is 0 Å². The van der Waals surface area contributed by atoms with Crippen molar-refractivity contribution in [2.45, 2.75) is 6.10 Å². The van der Waals surface area contributed by atoms with E-state index in [0.717, 1.165) is 10.9 Å². The molecule has 0 saturated heterocycles. The van der Waals surface area contributed by atoms with Crippen LogP contribution in [0.3, 0.4) is 0 Å². The fourth-order valence-corrected chi connectivity index (χ4v) is 1.83. The number of aliphatic hydroxyl groups is 1. The minimum Gasteiger partial charge on any atom is -0.393 e. The number of benzene rings is 2. The minimum atomic E-state index is -0.240. The molecule has 0 aliphatic heterocycles. The van der Waals surface area contributed by atoms with Crippen molar-refractivity contribution in [1.82, 2.24) is 0 Å². The largest absolute Gasteiger partial charge is 0.393 e. The van der Waals surface area contributed by atoms with E-state index in [9.17, 15) is 5.11 Å². The van der Waals surface area contributed by atoms with Gasteiger partial charge in [0.15, 0.2) is 0 Å². The first kappa shape index (κ1) is 10.1. The molecule has 15 heavy (non-hydrogen) atoms. The number of hydrogen-bond donors (Lipinski definition) is 1. The van der Waals surface area contributed by atoms with Crippen LogP contribution in [0.2, 0.25) is 0 Å². The zero-order chi connectivity index (χ0) is 10.7. The Morgan fingerprint density at radius 2 is 1.87 bits per heavy atom. The van der Waals surface area contributed by atoms with E-state index in [1.165, 1.54) is 5.39 Å². The van der Waals surface area contributed by atoms with Crippen LogP contribution in [-0.2, 0) is 4.74 Å². The highest BCUT2D eigenvalue weighted by Crippen LogP contribution is 2.25. The molecule has 1 N–H and O–H groups in total. The first-order valence-corrected chi connectivity index (χ1v) is 4.98. The van der Waals surface area contributed by atoms with Gasteiger partial charge in [-0.05, 0) is 16.3 Å².